The number of aromatic nitrogens is 1. The number of benzene rings is 1. The number of aliphatic carboxylic acids is 1. The Morgan fingerprint density at radius 2 is 1.88 bits per heavy atom. The third-order valence-corrected chi connectivity index (χ3v) is 3.52. The molecule has 0 radical (unpaired) electrons. The maximum Gasteiger partial charge on any atom is 0.328 e. The van der Waals surface area contributed by atoms with E-state index >= 15 is 0 Å². The summed E-state index contributed by atoms with van der Waals surface area (Å²) in [7, 11) is 2.98. The molecule has 25 heavy (non-hydrogen) atoms. The molecule has 0 saturated heterocycles. The molecule has 2 N–H and O–H groups in total. The smallest absolute Gasteiger partial charge is 0.328 e. The van der Waals surface area contributed by atoms with Gasteiger partial charge in [0.15, 0.2) is 5.69 Å². The van der Waals surface area contributed by atoms with Crippen LogP contribution in [0.2, 0.25) is 0 Å². The minimum atomic E-state index is -1.05. The molecule has 134 valence electrons. The van der Waals surface area contributed by atoms with Crippen LogP contribution in [0.1, 0.15) is 19.5 Å². The third kappa shape index (κ3) is 3.90. The number of carbonyl (C=O) groups is 1. The van der Waals surface area contributed by atoms with Crippen LogP contribution in [0.3, 0.4) is 0 Å². The van der Waals surface area contributed by atoms with Gasteiger partial charge in [-0.2, -0.15) is 0 Å². The number of aromatic hydroxyl groups is 1. The van der Waals surface area contributed by atoms with E-state index in [1.807, 2.05) is 0 Å². The predicted molar refractivity (Wildman–Crippen MR) is 90.6 cm³/mol. The van der Waals surface area contributed by atoms with Crippen LogP contribution in [0.15, 0.2) is 27.6 Å². The molecular weight excluding hydrogens is 328 g/mol. The lowest BCUT2D eigenvalue weighted by Gasteiger charge is -2.10. The molecule has 8 heteroatoms. The molecule has 1 unspecified atom stereocenters. The minimum Gasteiger partial charge on any atom is -0.496 e. The van der Waals surface area contributed by atoms with Crippen LogP contribution in [-0.2, 0) is 4.79 Å². The van der Waals surface area contributed by atoms with E-state index in [9.17, 15) is 9.90 Å². The first-order chi connectivity index (χ1) is 11.9. The largest absolute Gasteiger partial charge is 0.496 e. The van der Waals surface area contributed by atoms with Crippen molar-refractivity contribution in [2.75, 3.05) is 14.2 Å². The molecule has 1 aromatic heterocycles. The number of methoxy groups -OCH3 is 2. The highest BCUT2D eigenvalue weighted by Gasteiger charge is 2.22. The average Bonchev–Trinajstić information content (AvgIpc) is 2.94. The lowest BCUT2D eigenvalue weighted by Crippen LogP contribution is -2.24. The van der Waals surface area contributed by atoms with Gasteiger partial charge in [0.05, 0.1) is 20.4 Å². The van der Waals surface area contributed by atoms with E-state index in [0.717, 1.165) is 0 Å². The molecule has 2 aromatic rings. The van der Waals surface area contributed by atoms with Gasteiger partial charge >= 0.3 is 11.9 Å². The van der Waals surface area contributed by atoms with Crippen molar-refractivity contribution in [2.45, 2.75) is 19.9 Å². The summed E-state index contributed by atoms with van der Waals surface area (Å²) in [6, 6.07) is 4.20. The van der Waals surface area contributed by atoms with E-state index in [2.05, 4.69) is 9.98 Å². The fourth-order valence-corrected chi connectivity index (χ4v) is 2.25. The summed E-state index contributed by atoms with van der Waals surface area (Å²) in [5.41, 5.74) is 0.455. The molecule has 0 amide bonds. The highest BCUT2D eigenvalue weighted by atomic mass is 16.5. The highest BCUT2D eigenvalue weighted by molar-refractivity contribution is 5.85. The SMILES string of the molecule is COc1cccc(OC)c1-c1nc(C=NC(C(=O)O)C(C)C)c(O)o1. The Kier molecular flexibility index (Phi) is 5.63. The second-order valence-electron chi connectivity index (χ2n) is 5.55. The van der Waals surface area contributed by atoms with Gasteiger partial charge in [-0.1, -0.05) is 19.9 Å². The lowest BCUT2D eigenvalue weighted by atomic mass is 10.1. The summed E-state index contributed by atoms with van der Waals surface area (Å²) in [4.78, 5) is 19.3. The summed E-state index contributed by atoms with van der Waals surface area (Å²) in [5.74, 6) is -0.758. The predicted octanol–water partition coefficient (Wildman–Crippen LogP) is 2.59. The van der Waals surface area contributed by atoms with Gasteiger partial charge in [-0.25, -0.2) is 9.78 Å². The first-order valence-corrected chi connectivity index (χ1v) is 7.56. The van der Waals surface area contributed by atoms with Crippen molar-refractivity contribution in [1.29, 1.82) is 0 Å². The standard InChI is InChI=1S/C17H20N2O6/c1-9(2)14(16(20)21)18-8-10-17(22)25-15(19-10)13-11(23-3)6-5-7-12(13)24-4/h5-9,14,22H,1-4H3,(H,20,21). The van der Waals surface area contributed by atoms with Gasteiger partial charge in [0, 0.05) is 0 Å². The molecule has 1 atom stereocenters. The normalized spacial score (nSPS) is 12.5. The molecule has 0 saturated carbocycles. The molecule has 1 aromatic carbocycles. The molecule has 1 heterocycles. The van der Waals surface area contributed by atoms with Gasteiger partial charge in [-0.05, 0) is 18.1 Å². The Balaban J connectivity index is 2.43. The van der Waals surface area contributed by atoms with E-state index in [0.29, 0.717) is 17.1 Å². The van der Waals surface area contributed by atoms with Crippen molar-refractivity contribution in [2.24, 2.45) is 10.9 Å². The number of hydrogen-bond donors (Lipinski definition) is 2. The van der Waals surface area contributed by atoms with Gasteiger partial charge in [0.1, 0.15) is 23.1 Å². The summed E-state index contributed by atoms with van der Waals surface area (Å²) < 4.78 is 15.8. The van der Waals surface area contributed by atoms with Crippen LogP contribution in [0.5, 0.6) is 17.4 Å². The Morgan fingerprint density at radius 1 is 1.28 bits per heavy atom. The maximum absolute atomic E-state index is 11.2. The van der Waals surface area contributed by atoms with E-state index < -0.39 is 18.0 Å². The molecule has 0 aliphatic rings. The highest BCUT2D eigenvalue weighted by Crippen LogP contribution is 2.39. The van der Waals surface area contributed by atoms with Gasteiger partial charge in [0.2, 0.25) is 5.89 Å². The Bertz CT molecular complexity index is 759. The minimum absolute atomic E-state index is 0.0230. The van der Waals surface area contributed by atoms with Crippen LogP contribution < -0.4 is 9.47 Å². The van der Waals surface area contributed by atoms with E-state index in [1.165, 1.54) is 20.4 Å². The summed E-state index contributed by atoms with van der Waals surface area (Å²) >= 11 is 0. The average molecular weight is 348 g/mol. The number of hydrogen-bond acceptors (Lipinski definition) is 7. The zero-order valence-corrected chi connectivity index (χ0v) is 14.4. The van der Waals surface area contributed by atoms with Gasteiger partial charge < -0.3 is 24.1 Å². The van der Waals surface area contributed by atoms with E-state index in [1.54, 1.807) is 32.0 Å². The molecule has 0 aliphatic carbocycles. The van der Waals surface area contributed by atoms with E-state index in [4.69, 9.17) is 19.0 Å². The first kappa shape index (κ1) is 18.3. The molecular formula is C17H20N2O6. The van der Waals surface area contributed by atoms with Crippen molar-refractivity contribution in [1.82, 2.24) is 4.98 Å². The van der Waals surface area contributed by atoms with Crippen molar-refractivity contribution in [3.8, 4) is 28.9 Å². The first-order valence-electron chi connectivity index (χ1n) is 7.56. The fourth-order valence-electron chi connectivity index (χ4n) is 2.25. The van der Waals surface area contributed by atoms with Gasteiger partial charge in [0.25, 0.3) is 0 Å². The lowest BCUT2D eigenvalue weighted by molar-refractivity contribution is -0.139. The molecule has 0 aliphatic heterocycles. The van der Waals surface area contributed by atoms with Crippen LogP contribution >= 0.6 is 0 Å². The van der Waals surface area contributed by atoms with Crippen molar-refractivity contribution >= 4 is 12.2 Å². The third-order valence-electron chi connectivity index (χ3n) is 3.52. The van der Waals surface area contributed by atoms with Crippen LogP contribution in [0, 0.1) is 5.92 Å². The molecule has 8 nitrogen and oxygen atoms in total. The van der Waals surface area contributed by atoms with Crippen molar-refractivity contribution in [3.05, 3.63) is 23.9 Å². The summed E-state index contributed by atoms with van der Waals surface area (Å²) in [6.45, 7) is 3.48. The second-order valence-corrected chi connectivity index (χ2v) is 5.55. The number of carboxylic acids is 1. The van der Waals surface area contributed by atoms with Crippen LogP contribution in [0.25, 0.3) is 11.5 Å². The Labute approximate surface area is 144 Å². The van der Waals surface area contributed by atoms with Crippen molar-refractivity contribution < 1.29 is 28.9 Å². The number of oxazole rings is 1. The van der Waals surface area contributed by atoms with Crippen LogP contribution in [-0.4, -0.2) is 47.6 Å². The zero-order chi connectivity index (χ0) is 18.6. The number of rotatable bonds is 7. The molecule has 2 rings (SSSR count). The second kappa shape index (κ2) is 7.69. The molecule has 0 bridgehead atoms. The number of ether oxygens (including phenoxy) is 2. The van der Waals surface area contributed by atoms with Crippen molar-refractivity contribution in [3.63, 3.8) is 0 Å². The van der Waals surface area contributed by atoms with Gasteiger partial charge in [-0.15, -0.1) is 0 Å². The van der Waals surface area contributed by atoms with E-state index in [-0.39, 0.29) is 17.5 Å². The zero-order valence-electron chi connectivity index (χ0n) is 14.4. The van der Waals surface area contributed by atoms with Gasteiger partial charge in [-0.3, -0.25) is 4.99 Å². The fraction of sp³-hybridized carbons (Fsp3) is 0.353. The quantitative estimate of drug-likeness (QED) is 0.739. The maximum atomic E-state index is 11.2. The molecule has 0 spiro atoms. The summed E-state index contributed by atoms with van der Waals surface area (Å²) in [5, 5.41) is 19.1. The number of nitrogens with zero attached hydrogens (tertiary/aromatic N) is 2. The number of aliphatic imine (C=N–C) groups is 1. The molecule has 0 fully saturated rings. The Hall–Kier alpha value is -3.03. The summed E-state index contributed by atoms with van der Waals surface area (Å²) in [6.07, 6.45) is 1.18. The topological polar surface area (TPSA) is 114 Å². The number of carboxylic acid groups (broad SMARTS) is 1. The Morgan fingerprint density at radius 3 is 2.36 bits per heavy atom. The van der Waals surface area contributed by atoms with Crippen LogP contribution in [0.4, 0.5) is 0 Å². The monoisotopic (exact) mass is 348 g/mol.